The first-order valence-electron chi connectivity index (χ1n) is 25.3. The number of nitrogens with one attached hydrogen (secondary N) is 3. The van der Waals surface area contributed by atoms with Crippen LogP contribution in [0.4, 0.5) is 22.0 Å². The maximum Gasteiger partial charge on any atom is 0.313 e. The minimum atomic E-state index is -2.40. The summed E-state index contributed by atoms with van der Waals surface area (Å²) >= 11 is 1.46. The Morgan fingerprint density at radius 1 is 0.855 bits per heavy atom. The molecule has 0 aliphatic carbocycles. The van der Waals surface area contributed by atoms with Gasteiger partial charge in [0.25, 0.3) is 0 Å². The second-order valence-electron chi connectivity index (χ2n) is 19.7. The van der Waals surface area contributed by atoms with Crippen LogP contribution in [0.2, 0.25) is 0 Å². The van der Waals surface area contributed by atoms with Gasteiger partial charge in [0.05, 0.1) is 75.5 Å². The number of rotatable bonds is 30. The molecule has 2 heterocycles. The normalized spacial score (nSPS) is 16.5. The minimum absolute atomic E-state index is 0.0660. The van der Waals surface area contributed by atoms with E-state index in [2.05, 4.69) is 25.7 Å². The lowest BCUT2D eigenvalue weighted by molar-refractivity contribution is -0.148. The van der Waals surface area contributed by atoms with Gasteiger partial charge >= 0.3 is 5.97 Å². The van der Waals surface area contributed by atoms with Crippen LogP contribution in [-0.4, -0.2) is 140 Å². The van der Waals surface area contributed by atoms with Gasteiger partial charge in [0.2, 0.25) is 64.4 Å². The third-order valence-electron chi connectivity index (χ3n) is 13.5. The number of carbonyl (C=O) groups excluding carboxylic acids is 6. The number of ether oxygens (including phenoxy) is 5. The Balaban J connectivity index is 1.30. The van der Waals surface area contributed by atoms with Crippen LogP contribution in [-0.2, 0) is 54.1 Å². The van der Waals surface area contributed by atoms with Crippen LogP contribution in [0.3, 0.4) is 0 Å². The fraction of sp³-hybridized carbons (Fsp3) is 0.604. The Bertz CT molecular complexity index is 2380. The van der Waals surface area contributed by atoms with Crippen molar-refractivity contribution in [2.75, 3.05) is 54.2 Å². The van der Waals surface area contributed by atoms with E-state index >= 15 is 0 Å². The van der Waals surface area contributed by atoms with Crippen molar-refractivity contribution in [3.8, 4) is 5.75 Å². The van der Waals surface area contributed by atoms with Crippen LogP contribution in [0.25, 0.3) is 0 Å². The second-order valence-corrected chi connectivity index (χ2v) is 20.6. The monoisotopic (exact) mass is 1100 g/mol. The summed E-state index contributed by atoms with van der Waals surface area (Å²) in [4.78, 5) is 89.3. The molecule has 8 atom stereocenters. The number of hydrogen-bond acceptors (Lipinski definition) is 13. The summed E-state index contributed by atoms with van der Waals surface area (Å²) in [5.74, 6) is -17.8. The molecule has 1 fully saturated rings. The van der Waals surface area contributed by atoms with E-state index in [9.17, 15) is 50.7 Å². The van der Waals surface area contributed by atoms with Crippen LogP contribution in [0.15, 0.2) is 41.9 Å². The first-order chi connectivity index (χ1) is 36.0. The molecule has 0 saturated carbocycles. The molecule has 4 rings (SSSR count). The van der Waals surface area contributed by atoms with Crippen molar-refractivity contribution in [1.29, 1.82) is 0 Å². The summed E-state index contributed by atoms with van der Waals surface area (Å²) in [5, 5.41) is 11.3. The predicted octanol–water partition coefficient (Wildman–Crippen LogP) is 6.61. The summed E-state index contributed by atoms with van der Waals surface area (Å²) in [6, 6.07) is 7.40. The van der Waals surface area contributed by atoms with E-state index < -0.39 is 113 Å². The lowest BCUT2D eigenvalue weighted by Crippen LogP contribution is -2.62. The van der Waals surface area contributed by atoms with Gasteiger partial charge in [-0.15, -0.1) is 11.3 Å². The van der Waals surface area contributed by atoms with Crippen LogP contribution in [0, 0.1) is 46.8 Å². The molecular formula is C53H73F5N6O11S. The standard InChI is InChI=1S/C53H73F5N6O11S/c1-11-31(4)46(36(71-9)29-38(66)64-22-15-18-35(64)47(72-10)32(5)49(68)60-34(50-59-21-27-76-50)28-33-16-13-12-14-17-33)63(8)51(69)45(30(2)3)61-52(70)53(6,7)62-37(65)19-23-73-25-26-74-24-20-39(67)75-48-43(57)41(55)40(54)42(56)44(48)58/h12-14,16-17,21,27,30-32,34-36,45-47H,11,15,18-20,22-26,28-29H2,1-10H3,(H,60,68)(H,61,70)(H,62,65)/t31?,32?,34?,35-,36?,45?,46?,47?/m0/s1. The summed E-state index contributed by atoms with van der Waals surface area (Å²) < 4.78 is 94.6. The molecule has 17 nitrogen and oxygen atoms in total. The number of likely N-dealkylation sites (N-methyl/N-ethyl adjacent to an activating group) is 1. The van der Waals surface area contributed by atoms with Crippen LogP contribution >= 0.6 is 11.3 Å². The smallest absolute Gasteiger partial charge is 0.313 e. The Morgan fingerprint density at radius 2 is 1.47 bits per heavy atom. The highest BCUT2D eigenvalue weighted by atomic mass is 32.1. The summed E-state index contributed by atoms with van der Waals surface area (Å²) in [6.07, 6.45) is 1.94. The average molecular weight is 1100 g/mol. The highest BCUT2D eigenvalue weighted by molar-refractivity contribution is 7.09. The number of likely N-dealkylation sites (tertiary alicyclic amines) is 1. The van der Waals surface area contributed by atoms with Gasteiger partial charge in [-0.1, -0.05) is 71.4 Å². The van der Waals surface area contributed by atoms with E-state index in [-0.39, 0.29) is 63.0 Å². The van der Waals surface area contributed by atoms with Crippen molar-refractivity contribution in [1.82, 2.24) is 30.7 Å². The molecule has 0 radical (unpaired) electrons. The zero-order valence-electron chi connectivity index (χ0n) is 44.9. The molecule has 1 saturated heterocycles. The number of aromatic nitrogens is 1. The summed E-state index contributed by atoms with van der Waals surface area (Å²) in [7, 11) is 4.65. The molecule has 7 unspecified atom stereocenters. The van der Waals surface area contributed by atoms with Crippen molar-refractivity contribution in [3.63, 3.8) is 0 Å². The molecule has 5 amide bonds. The first-order valence-corrected chi connectivity index (χ1v) is 26.2. The number of halogens is 5. The number of methoxy groups -OCH3 is 2. The fourth-order valence-corrected chi connectivity index (χ4v) is 9.76. The molecular weight excluding hydrogens is 1020 g/mol. The third kappa shape index (κ3) is 16.9. The summed E-state index contributed by atoms with van der Waals surface area (Å²) in [6.45, 7) is 12.0. The largest absolute Gasteiger partial charge is 0.420 e. The third-order valence-corrected chi connectivity index (χ3v) is 14.4. The number of carbonyl (C=O) groups is 6. The molecule has 1 aliphatic rings. The highest BCUT2D eigenvalue weighted by Crippen LogP contribution is 2.32. The van der Waals surface area contributed by atoms with Crippen LogP contribution < -0.4 is 20.7 Å². The minimum Gasteiger partial charge on any atom is -0.420 e. The molecule has 1 aliphatic heterocycles. The van der Waals surface area contributed by atoms with Gasteiger partial charge in [-0.05, 0) is 50.5 Å². The maximum atomic E-state index is 14.5. The molecule has 3 N–H and O–H groups in total. The molecule has 0 spiro atoms. The van der Waals surface area contributed by atoms with E-state index in [0.717, 1.165) is 10.6 Å². The zero-order chi connectivity index (χ0) is 56.4. The Morgan fingerprint density at radius 3 is 2.04 bits per heavy atom. The SMILES string of the molecule is CCC(C)C(C(CC(=O)N1CCC[C@H]1C(OC)C(C)C(=O)NC(Cc1ccccc1)c1nccs1)OC)N(C)C(=O)C(NC(=O)C(C)(C)NC(=O)CCOCCOCCC(=O)Oc1c(F)c(F)c(F)c(F)c1F)C(C)C. The Labute approximate surface area is 445 Å². The number of esters is 1. The van der Waals surface area contributed by atoms with Crippen molar-refractivity contribution in [3.05, 3.63) is 81.6 Å². The summed E-state index contributed by atoms with van der Waals surface area (Å²) in [5.41, 5.74) is -0.451. The van der Waals surface area contributed by atoms with Gasteiger partial charge in [0.1, 0.15) is 16.6 Å². The Kier molecular flexibility index (Phi) is 24.6. The number of thiazole rings is 1. The van der Waals surface area contributed by atoms with Gasteiger partial charge in [0.15, 0.2) is 0 Å². The zero-order valence-corrected chi connectivity index (χ0v) is 45.7. The quantitative estimate of drug-likeness (QED) is 0.0161. The molecule has 23 heteroatoms. The fourth-order valence-electron chi connectivity index (χ4n) is 9.07. The lowest BCUT2D eigenvalue weighted by Gasteiger charge is -2.41. The average Bonchev–Trinajstić information content (AvgIpc) is 4.12. The number of amides is 5. The van der Waals surface area contributed by atoms with Crippen molar-refractivity contribution in [2.24, 2.45) is 17.8 Å². The van der Waals surface area contributed by atoms with E-state index in [1.807, 2.05) is 49.6 Å². The van der Waals surface area contributed by atoms with E-state index in [4.69, 9.17) is 18.9 Å². The van der Waals surface area contributed by atoms with Gasteiger partial charge in [0, 0.05) is 45.8 Å². The van der Waals surface area contributed by atoms with Crippen LogP contribution in [0.1, 0.15) is 104 Å². The maximum absolute atomic E-state index is 14.5. The van der Waals surface area contributed by atoms with Gasteiger partial charge in [-0.25, -0.2) is 18.2 Å². The molecule has 422 valence electrons. The molecule has 1 aromatic heterocycles. The second kappa shape index (κ2) is 29.8. The highest BCUT2D eigenvalue weighted by Gasteiger charge is 2.44. The first kappa shape index (κ1) is 62.9. The van der Waals surface area contributed by atoms with E-state index in [1.54, 1.807) is 46.0 Å². The van der Waals surface area contributed by atoms with Crippen LogP contribution in [0.5, 0.6) is 5.75 Å². The van der Waals surface area contributed by atoms with Gasteiger partial charge in [-0.2, -0.15) is 8.78 Å². The van der Waals surface area contributed by atoms with E-state index in [0.29, 0.717) is 32.2 Å². The van der Waals surface area contributed by atoms with Crippen molar-refractivity contribution < 1.29 is 74.4 Å². The number of benzene rings is 2. The number of hydrogen-bond donors (Lipinski definition) is 3. The topological polar surface area (TPSA) is 204 Å². The van der Waals surface area contributed by atoms with E-state index in [1.165, 1.54) is 37.2 Å². The predicted molar refractivity (Wildman–Crippen MR) is 271 cm³/mol. The number of nitrogens with zero attached hydrogens (tertiary/aromatic N) is 3. The van der Waals surface area contributed by atoms with Gasteiger partial charge in [-0.3, -0.25) is 28.8 Å². The van der Waals surface area contributed by atoms with Crippen molar-refractivity contribution in [2.45, 2.75) is 135 Å². The molecule has 76 heavy (non-hydrogen) atoms. The lowest BCUT2D eigenvalue weighted by atomic mass is 9.89. The molecule has 0 bridgehead atoms. The van der Waals surface area contributed by atoms with Crippen molar-refractivity contribution >= 4 is 46.8 Å². The van der Waals surface area contributed by atoms with Gasteiger partial charge < -0.3 is 49.4 Å². The molecule has 3 aromatic rings. The Hall–Kier alpha value is -5.62. The molecule has 2 aromatic carbocycles.